The number of halogens is 6. The molecule has 1 aromatic carbocycles. The molecular weight excluding hydrogens is 386 g/mol. The van der Waals surface area contributed by atoms with Gasteiger partial charge in [-0.3, -0.25) is 0 Å². The lowest BCUT2D eigenvalue weighted by Gasteiger charge is -2.16. The summed E-state index contributed by atoms with van der Waals surface area (Å²) in [5.41, 5.74) is -2.21. The molecule has 1 aromatic heterocycles. The Morgan fingerprint density at radius 3 is 2.18 bits per heavy atom. The molecule has 0 fully saturated rings. The minimum absolute atomic E-state index is 0.0128. The highest BCUT2D eigenvalue weighted by molar-refractivity contribution is 5.61. The van der Waals surface area contributed by atoms with E-state index in [2.05, 4.69) is 10.3 Å². The van der Waals surface area contributed by atoms with E-state index in [4.69, 9.17) is 0 Å². The first kappa shape index (κ1) is 22.2. The first-order valence-electron chi connectivity index (χ1n) is 8.68. The Hall–Kier alpha value is -2.13. The topological polar surface area (TPSA) is 45.1 Å². The maximum absolute atomic E-state index is 13.2. The molecule has 3 nitrogen and oxygen atoms in total. The van der Waals surface area contributed by atoms with Crippen LogP contribution in [0.1, 0.15) is 42.7 Å². The summed E-state index contributed by atoms with van der Waals surface area (Å²) in [6.07, 6.45) is -8.74. The molecule has 0 aliphatic carbocycles. The summed E-state index contributed by atoms with van der Waals surface area (Å²) in [4.78, 5) is 3.52. The number of unbranched alkanes of at least 4 members (excludes halogenated alkanes) is 1. The molecule has 2 rings (SSSR count). The molecule has 1 unspecified atom stereocenters. The summed E-state index contributed by atoms with van der Waals surface area (Å²) in [5, 5.41) is 13.2. The molecule has 0 spiro atoms. The van der Waals surface area contributed by atoms with Gasteiger partial charge in [-0.1, -0.05) is 25.5 Å². The molecule has 1 heterocycles. The van der Waals surface area contributed by atoms with Crippen LogP contribution in [-0.2, 0) is 12.4 Å². The second-order valence-corrected chi connectivity index (χ2v) is 6.32. The number of pyridine rings is 1. The Morgan fingerprint density at radius 2 is 1.64 bits per heavy atom. The highest BCUT2D eigenvalue weighted by Gasteiger charge is 2.34. The number of benzene rings is 1. The van der Waals surface area contributed by atoms with E-state index in [0.717, 1.165) is 43.2 Å². The van der Waals surface area contributed by atoms with Crippen LogP contribution < -0.4 is 5.32 Å². The van der Waals surface area contributed by atoms with Crippen LogP contribution in [0, 0.1) is 0 Å². The third-order valence-electron chi connectivity index (χ3n) is 4.08. The van der Waals surface area contributed by atoms with Gasteiger partial charge < -0.3 is 10.4 Å². The predicted octanol–water partition coefficient (Wildman–Crippen LogP) is 5.21. The monoisotopic (exact) mass is 406 g/mol. The number of hydrogen-bond donors (Lipinski definition) is 2. The number of aliphatic hydroxyl groups is 1. The van der Waals surface area contributed by atoms with Crippen LogP contribution >= 0.6 is 0 Å². The lowest BCUT2D eigenvalue weighted by molar-refractivity contribution is -0.141. The zero-order valence-corrected chi connectivity index (χ0v) is 15.0. The predicted molar refractivity (Wildman–Crippen MR) is 92.4 cm³/mol. The van der Waals surface area contributed by atoms with Gasteiger partial charge in [-0.2, -0.15) is 26.3 Å². The molecule has 154 valence electrons. The van der Waals surface area contributed by atoms with E-state index in [-0.39, 0.29) is 23.4 Å². The number of hydrogen-bond acceptors (Lipinski definition) is 3. The Balaban J connectivity index is 2.35. The molecule has 2 aromatic rings. The van der Waals surface area contributed by atoms with Gasteiger partial charge in [0, 0.05) is 12.1 Å². The first-order chi connectivity index (χ1) is 13.0. The minimum atomic E-state index is -4.76. The minimum Gasteiger partial charge on any atom is -0.387 e. The van der Waals surface area contributed by atoms with Crippen LogP contribution in [0.4, 0.5) is 26.3 Å². The van der Waals surface area contributed by atoms with E-state index in [1.807, 2.05) is 6.92 Å². The van der Waals surface area contributed by atoms with E-state index >= 15 is 0 Å². The van der Waals surface area contributed by atoms with Gasteiger partial charge >= 0.3 is 12.4 Å². The lowest BCUT2D eigenvalue weighted by Crippen LogP contribution is -2.23. The van der Waals surface area contributed by atoms with Crippen molar-refractivity contribution in [1.82, 2.24) is 10.3 Å². The van der Waals surface area contributed by atoms with Crippen molar-refractivity contribution in [2.75, 3.05) is 13.1 Å². The third-order valence-corrected chi connectivity index (χ3v) is 4.08. The molecule has 0 aliphatic rings. The van der Waals surface area contributed by atoms with Gasteiger partial charge in [-0.25, -0.2) is 4.98 Å². The van der Waals surface area contributed by atoms with Crippen LogP contribution in [0.3, 0.4) is 0 Å². The Bertz CT molecular complexity index is 771. The number of alkyl halides is 6. The number of rotatable bonds is 7. The fourth-order valence-electron chi connectivity index (χ4n) is 2.53. The van der Waals surface area contributed by atoms with Crippen molar-refractivity contribution in [2.24, 2.45) is 0 Å². The smallest absolute Gasteiger partial charge is 0.387 e. The number of aromatic nitrogens is 1. The zero-order chi connectivity index (χ0) is 20.9. The molecular formula is C19H20F6N2O. The maximum atomic E-state index is 13.2. The molecule has 0 bridgehead atoms. The molecule has 2 N–H and O–H groups in total. The Kier molecular flexibility index (Phi) is 7.06. The summed E-state index contributed by atoms with van der Waals surface area (Å²) in [5.74, 6) is 0. The quantitative estimate of drug-likeness (QED) is 0.490. The first-order valence-corrected chi connectivity index (χ1v) is 8.68. The van der Waals surface area contributed by atoms with Crippen LogP contribution in [0.5, 0.6) is 0 Å². The normalized spacial score (nSPS) is 13.6. The molecule has 0 amide bonds. The fourth-order valence-corrected chi connectivity index (χ4v) is 2.53. The van der Waals surface area contributed by atoms with Crippen molar-refractivity contribution < 1.29 is 31.4 Å². The van der Waals surface area contributed by atoms with E-state index in [1.54, 1.807) is 0 Å². The summed E-state index contributed by atoms with van der Waals surface area (Å²) < 4.78 is 77.6. The average Bonchev–Trinajstić information content (AvgIpc) is 2.63. The summed E-state index contributed by atoms with van der Waals surface area (Å²) in [6, 6.07) is 5.67. The fraction of sp³-hybridized carbons (Fsp3) is 0.421. The second-order valence-electron chi connectivity index (χ2n) is 6.32. The molecule has 0 aliphatic heterocycles. The van der Waals surface area contributed by atoms with Crippen molar-refractivity contribution in [3.8, 4) is 11.3 Å². The third kappa shape index (κ3) is 5.93. The number of nitrogens with one attached hydrogen (secondary N) is 1. The van der Waals surface area contributed by atoms with Crippen LogP contribution in [-0.4, -0.2) is 23.2 Å². The molecule has 9 heteroatoms. The van der Waals surface area contributed by atoms with Crippen molar-refractivity contribution >= 4 is 0 Å². The standard InChI is InChI=1S/C19H20F6N2O/c1-2-3-8-26-11-16(28)13-9-15(27-17(10-13)19(23,24)25)12-4-6-14(7-5-12)18(20,21)22/h4-7,9-10,16,26,28H,2-3,8,11H2,1H3. The summed E-state index contributed by atoms with van der Waals surface area (Å²) >= 11 is 0. The summed E-state index contributed by atoms with van der Waals surface area (Å²) in [7, 11) is 0. The average molecular weight is 406 g/mol. The van der Waals surface area contributed by atoms with Crippen LogP contribution in [0.15, 0.2) is 36.4 Å². The van der Waals surface area contributed by atoms with Gasteiger partial charge in [0.15, 0.2) is 0 Å². The molecule has 0 radical (unpaired) electrons. The maximum Gasteiger partial charge on any atom is 0.433 e. The highest BCUT2D eigenvalue weighted by atomic mass is 19.4. The van der Waals surface area contributed by atoms with E-state index < -0.39 is 29.7 Å². The van der Waals surface area contributed by atoms with Gasteiger partial charge in [0.1, 0.15) is 5.69 Å². The largest absolute Gasteiger partial charge is 0.433 e. The van der Waals surface area contributed by atoms with Gasteiger partial charge in [0.25, 0.3) is 0 Å². The molecule has 1 atom stereocenters. The van der Waals surface area contributed by atoms with Crippen molar-refractivity contribution in [3.05, 3.63) is 53.2 Å². The summed E-state index contributed by atoms with van der Waals surface area (Å²) in [6.45, 7) is 2.64. The molecule has 0 saturated heterocycles. The van der Waals surface area contributed by atoms with Crippen molar-refractivity contribution in [1.29, 1.82) is 0 Å². The van der Waals surface area contributed by atoms with Gasteiger partial charge in [0.05, 0.1) is 17.4 Å². The lowest BCUT2D eigenvalue weighted by atomic mass is 10.0. The SMILES string of the molecule is CCCCNCC(O)c1cc(-c2ccc(C(F)(F)F)cc2)nc(C(F)(F)F)c1. The highest BCUT2D eigenvalue weighted by Crippen LogP contribution is 2.34. The molecule has 28 heavy (non-hydrogen) atoms. The zero-order valence-electron chi connectivity index (χ0n) is 15.0. The van der Waals surface area contributed by atoms with Gasteiger partial charge in [-0.05, 0) is 42.8 Å². The van der Waals surface area contributed by atoms with Gasteiger partial charge in [-0.15, -0.1) is 0 Å². The van der Waals surface area contributed by atoms with E-state index in [0.29, 0.717) is 6.54 Å². The Labute approximate surface area is 158 Å². The second kappa shape index (κ2) is 8.91. The van der Waals surface area contributed by atoms with Crippen LogP contribution in [0.2, 0.25) is 0 Å². The van der Waals surface area contributed by atoms with Crippen molar-refractivity contribution in [2.45, 2.75) is 38.2 Å². The number of nitrogens with zero attached hydrogens (tertiary/aromatic N) is 1. The van der Waals surface area contributed by atoms with E-state index in [1.165, 1.54) is 6.07 Å². The Morgan fingerprint density at radius 1 is 1.00 bits per heavy atom. The van der Waals surface area contributed by atoms with E-state index in [9.17, 15) is 31.4 Å². The van der Waals surface area contributed by atoms with Gasteiger partial charge in [0.2, 0.25) is 0 Å². The number of aliphatic hydroxyl groups excluding tert-OH is 1. The van der Waals surface area contributed by atoms with Crippen LogP contribution in [0.25, 0.3) is 11.3 Å². The van der Waals surface area contributed by atoms with Crippen molar-refractivity contribution in [3.63, 3.8) is 0 Å². The molecule has 0 saturated carbocycles.